The van der Waals surface area contributed by atoms with Gasteiger partial charge in [-0.05, 0) is 36.4 Å². The van der Waals surface area contributed by atoms with E-state index in [1.165, 1.54) is 0 Å². The van der Waals surface area contributed by atoms with Crippen LogP contribution in [0, 0.1) is 0 Å². The third-order valence-electron chi connectivity index (χ3n) is 4.47. The van der Waals surface area contributed by atoms with E-state index in [9.17, 15) is 0 Å². The third-order valence-corrected chi connectivity index (χ3v) is 6.16. The minimum Gasteiger partial charge on any atom is -1.00 e. The van der Waals surface area contributed by atoms with Gasteiger partial charge in [0.25, 0.3) is 0 Å². The number of nitrogens with two attached hydrogens (primary N) is 1. The molecular formula is C20H21Cl4N3O2S. The Morgan fingerprint density at radius 1 is 1.20 bits per heavy atom. The Hall–Kier alpha value is -1.12. The van der Waals surface area contributed by atoms with E-state index in [4.69, 9.17) is 38.4 Å². The Kier molecular flexibility index (Phi) is 9.18. The van der Waals surface area contributed by atoms with E-state index in [2.05, 4.69) is 4.98 Å². The number of ether oxygens (including phenoxy) is 2. The summed E-state index contributed by atoms with van der Waals surface area (Å²) in [5.41, 5.74) is 7.26. The molecule has 162 valence electrons. The van der Waals surface area contributed by atoms with Crippen LogP contribution in [0.2, 0.25) is 10.0 Å². The summed E-state index contributed by atoms with van der Waals surface area (Å²) >= 11 is 14.3. The predicted molar refractivity (Wildman–Crippen MR) is 115 cm³/mol. The number of nitrogens with zero attached hydrogens (tertiary/aromatic N) is 2. The number of hydrogen-bond donors (Lipinski definition) is 1. The molecule has 0 spiro atoms. The van der Waals surface area contributed by atoms with Crippen LogP contribution in [0.4, 0.5) is 5.69 Å². The van der Waals surface area contributed by atoms with Crippen LogP contribution in [-0.4, -0.2) is 28.0 Å². The van der Waals surface area contributed by atoms with Crippen LogP contribution in [-0.2, 0) is 21.8 Å². The monoisotopic (exact) mass is 507 g/mol. The largest absolute Gasteiger partial charge is 1.00 e. The maximum Gasteiger partial charge on any atom is 1.00 e. The number of benzene rings is 2. The van der Waals surface area contributed by atoms with Crippen molar-refractivity contribution in [2.45, 2.75) is 23.3 Å². The van der Waals surface area contributed by atoms with Gasteiger partial charge in [0.05, 0.1) is 30.6 Å². The lowest BCUT2D eigenvalue weighted by molar-refractivity contribution is -0.184. The lowest BCUT2D eigenvalue weighted by Gasteiger charge is -2.30. The Labute approximate surface area is 205 Å². The van der Waals surface area contributed by atoms with Crippen molar-refractivity contribution in [1.82, 2.24) is 9.55 Å². The molecule has 1 aliphatic heterocycles. The fourth-order valence-corrected chi connectivity index (χ4v) is 4.55. The van der Waals surface area contributed by atoms with Gasteiger partial charge in [-0.1, -0.05) is 29.3 Å². The number of rotatable bonds is 6. The molecular weight excluding hydrogens is 488 g/mol. The van der Waals surface area contributed by atoms with Crippen LogP contribution in [0.3, 0.4) is 0 Å². The van der Waals surface area contributed by atoms with E-state index < -0.39 is 5.79 Å². The highest BCUT2D eigenvalue weighted by Crippen LogP contribution is 2.41. The van der Waals surface area contributed by atoms with Crippen LogP contribution in [0.5, 0.6) is 0 Å². The summed E-state index contributed by atoms with van der Waals surface area (Å²) in [5, 5.41) is 1.08. The summed E-state index contributed by atoms with van der Waals surface area (Å²) in [4.78, 5) is 5.24. The third kappa shape index (κ3) is 5.77. The molecule has 3 aromatic rings. The van der Waals surface area contributed by atoms with Gasteiger partial charge >= 0.3 is 2.85 Å². The molecule has 1 aromatic heterocycles. The highest BCUT2D eigenvalue weighted by molar-refractivity contribution is 7.99. The average Bonchev–Trinajstić information content (AvgIpc) is 3.32. The normalized spacial score (nSPS) is 20.4. The first kappa shape index (κ1) is 25.1. The maximum absolute atomic E-state index is 6.49. The van der Waals surface area contributed by atoms with E-state index in [1.54, 1.807) is 36.4 Å². The highest BCUT2D eigenvalue weighted by atomic mass is 35.5. The van der Waals surface area contributed by atoms with Crippen molar-refractivity contribution in [2.24, 2.45) is 0 Å². The van der Waals surface area contributed by atoms with Crippen LogP contribution >= 0.6 is 35.0 Å². The number of nitrogen functional groups attached to an aromatic ring is 1. The molecule has 10 heteroatoms. The quantitative estimate of drug-likeness (QED) is 0.344. The van der Waals surface area contributed by atoms with Gasteiger partial charge in [0, 0.05) is 39.3 Å². The molecule has 2 aromatic carbocycles. The molecule has 0 saturated carbocycles. The number of hydrogen-bond acceptors (Lipinski definition) is 5. The van der Waals surface area contributed by atoms with Gasteiger partial charge < -0.3 is 44.6 Å². The minimum absolute atomic E-state index is 0. The summed E-state index contributed by atoms with van der Waals surface area (Å²) in [6.07, 6.45) is 5.24. The molecule has 30 heavy (non-hydrogen) atoms. The van der Waals surface area contributed by atoms with Gasteiger partial charge in [-0.25, -0.2) is 4.98 Å². The number of halogens is 4. The van der Waals surface area contributed by atoms with Crippen molar-refractivity contribution < 1.29 is 37.1 Å². The van der Waals surface area contributed by atoms with Crippen molar-refractivity contribution in [2.75, 3.05) is 18.1 Å². The first-order valence-corrected chi connectivity index (χ1v) is 10.5. The molecule has 0 bridgehead atoms. The fourth-order valence-electron chi connectivity index (χ4n) is 3.13. The van der Waals surface area contributed by atoms with Crippen molar-refractivity contribution in [3.63, 3.8) is 0 Å². The molecule has 2 unspecified atom stereocenters. The van der Waals surface area contributed by atoms with Gasteiger partial charge in [-0.3, -0.25) is 0 Å². The van der Waals surface area contributed by atoms with Crippen molar-refractivity contribution in [3.8, 4) is 0 Å². The van der Waals surface area contributed by atoms with E-state index in [0.717, 1.165) is 21.9 Å². The standard InChI is InChI=1S/C20H19Cl2N3O2S.2ClH/c21-14-1-6-18(19(22)9-14)20(12-25-8-7-24-13-25)26-10-16(27-20)11-28-17-4-2-15(23)3-5-17;;/h1-9,13,16H,10-12,23H2;2*1H. The molecule has 0 aliphatic carbocycles. The van der Waals surface area contributed by atoms with E-state index in [1.807, 2.05) is 41.1 Å². The Bertz CT molecular complexity index is 955. The zero-order chi connectivity index (χ0) is 19.6. The summed E-state index contributed by atoms with van der Waals surface area (Å²) in [7, 11) is 0. The smallest absolute Gasteiger partial charge is 1.00 e. The van der Waals surface area contributed by atoms with Gasteiger partial charge in [0.1, 0.15) is 0 Å². The summed E-state index contributed by atoms with van der Waals surface area (Å²) in [6.45, 7) is 0.910. The summed E-state index contributed by atoms with van der Waals surface area (Å²) in [5.74, 6) is -0.241. The minimum atomic E-state index is -0.991. The van der Waals surface area contributed by atoms with Crippen molar-refractivity contribution in [1.29, 1.82) is 0 Å². The first-order valence-electron chi connectivity index (χ1n) is 8.75. The second-order valence-electron chi connectivity index (χ2n) is 6.54. The van der Waals surface area contributed by atoms with Gasteiger partial charge in [0.2, 0.25) is 5.79 Å². The van der Waals surface area contributed by atoms with Crippen LogP contribution in [0.1, 0.15) is 8.42 Å². The Balaban J connectivity index is 0.00000240. The van der Waals surface area contributed by atoms with Crippen LogP contribution in [0.25, 0.3) is 0 Å². The number of thioether (sulfide) groups is 1. The maximum atomic E-state index is 6.49. The topological polar surface area (TPSA) is 62.3 Å². The molecule has 5 nitrogen and oxygen atoms in total. The van der Waals surface area contributed by atoms with E-state index >= 15 is 0 Å². The molecule has 0 radical (unpaired) electrons. The van der Waals surface area contributed by atoms with Gasteiger partial charge in [-0.15, -0.1) is 11.8 Å². The molecule has 0 amide bonds. The molecule has 4 rings (SSSR count). The Morgan fingerprint density at radius 3 is 2.63 bits per heavy atom. The Morgan fingerprint density at radius 2 is 1.97 bits per heavy atom. The highest BCUT2D eigenvalue weighted by Gasteiger charge is 2.45. The molecule has 2 N–H and O–H groups in total. The lowest BCUT2D eigenvalue weighted by Crippen LogP contribution is -3.00. The fraction of sp³-hybridized carbons (Fsp3) is 0.250. The van der Waals surface area contributed by atoms with Gasteiger partial charge in [0.15, 0.2) is 0 Å². The van der Waals surface area contributed by atoms with Crippen molar-refractivity contribution >= 4 is 40.7 Å². The lowest BCUT2D eigenvalue weighted by atomic mass is 10.1. The zero-order valence-electron chi connectivity index (χ0n) is 17.7. The molecule has 1 saturated heterocycles. The second kappa shape index (κ2) is 11.0. The summed E-state index contributed by atoms with van der Waals surface area (Å²) in [6, 6.07) is 13.2. The van der Waals surface area contributed by atoms with Crippen molar-refractivity contribution in [3.05, 3.63) is 76.8 Å². The second-order valence-corrected chi connectivity index (χ2v) is 8.48. The average molecular weight is 509 g/mol. The zero-order valence-corrected chi connectivity index (χ0v) is 19.5. The van der Waals surface area contributed by atoms with Gasteiger partial charge in [-0.2, -0.15) is 0 Å². The SMILES string of the molecule is Nc1ccc(SCC2COC(Cn3ccnc3)(c3ccc(Cl)cc3Cl)O2)cc1.[Cl-].[Cl-].[H+].[H+]. The number of anilines is 1. The number of imidazole rings is 1. The first-order chi connectivity index (χ1) is 13.5. The van der Waals surface area contributed by atoms with Crippen LogP contribution < -0.4 is 30.5 Å². The summed E-state index contributed by atoms with van der Waals surface area (Å²) < 4.78 is 14.6. The molecule has 1 aliphatic rings. The molecule has 2 atom stereocenters. The van der Waals surface area contributed by atoms with E-state index in [-0.39, 0.29) is 33.8 Å². The molecule has 1 fully saturated rings. The van der Waals surface area contributed by atoms with E-state index in [0.29, 0.717) is 23.2 Å². The van der Waals surface area contributed by atoms with Crippen LogP contribution in [0.15, 0.2) is 66.1 Å². The predicted octanol–water partition coefficient (Wildman–Crippen LogP) is -0.934. The number of aromatic nitrogens is 2. The molecule has 2 heterocycles.